The van der Waals surface area contributed by atoms with Crippen molar-refractivity contribution in [1.82, 2.24) is 14.7 Å². The molecule has 2 heterocycles. The predicted molar refractivity (Wildman–Crippen MR) is 108 cm³/mol. The fourth-order valence-electron chi connectivity index (χ4n) is 3.87. The van der Waals surface area contributed by atoms with Gasteiger partial charge in [-0.05, 0) is 26.0 Å². The molecule has 3 rings (SSSR count). The zero-order valence-corrected chi connectivity index (χ0v) is 17.1. The maximum absolute atomic E-state index is 5.56. The average Bonchev–Trinajstić information content (AvgIpc) is 2.96. The van der Waals surface area contributed by atoms with E-state index in [9.17, 15) is 0 Å². The Labute approximate surface area is 162 Å². The highest BCUT2D eigenvalue weighted by molar-refractivity contribution is 5.50. The summed E-state index contributed by atoms with van der Waals surface area (Å²) < 4.78 is 13.1. The highest BCUT2D eigenvalue weighted by Crippen LogP contribution is 2.27. The Balaban J connectivity index is 1.84. The Morgan fingerprint density at radius 3 is 2.63 bits per heavy atom. The zero-order chi connectivity index (χ0) is 19.2. The lowest BCUT2D eigenvalue weighted by molar-refractivity contribution is 0.122. The molecule has 0 spiro atoms. The third kappa shape index (κ3) is 4.62. The molecule has 0 bridgehead atoms. The molecule has 1 saturated heterocycles. The van der Waals surface area contributed by atoms with Crippen molar-refractivity contribution in [3.05, 3.63) is 41.1 Å². The molecule has 1 aromatic heterocycles. The molecule has 0 N–H and O–H groups in total. The van der Waals surface area contributed by atoms with Gasteiger partial charge in [0.1, 0.15) is 11.6 Å². The molecule has 0 aliphatic carbocycles. The van der Waals surface area contributed by atoms with Crippen LogP contribution in [0.3, 0.4) is 0 Å². The minimum Gasteiger partial charge on any atom is -0.496 e. The van der Waals surface area contributed by atoms with Crippen LogP contribution in [0.1, 0.15) is 30.2 Å². The fraction of sp³-hybridized carbons (Fsp3) is 0.571. The Hall–Kier alpha value is -2.05. The van der Waals surface area contributed by atoms with E-state index in [0.29, 0.717) is 0 Å². The number of aromatic nitrogens is 2. The average molecular weight is 373 g/mol. The van der Waals surface area contributed by atoms with Crippen molar-refractivity contribution < 1.29 is 9.47 Å². The van der Waals surface area contributed by atoms with Crippen LogP contribution >= 0.6 is 0 Å². The minimum atomic E-state index is 0.781. The molecule has 0 atom stereocenters. The summed E-state index contributed by atoms with van der Waals surface area (Å²) in [6.07, 6.45) is 1.11. The van der Waals surface area contributed by atoms with Crippen molar-refractivity contribution in [2.45, 2.75) is 33.4 Å². The van der Waals surface area contributed by atoms with Gasteiger partial charge in [0.05, 0.1) is 26.0 Å². The summed E-state index contributed by atoms with van der Waals surface area (Å²) in [4.78, 5) is 4.90. The number of benzene rings is 1. The van der Waals surface area contributed by atoms with Crippen LogP contribution in [0.5, 0.6) is 5.75 Å². The van der Waals surface area contributed by atoms with Crippen molar-refractivity contribution in [1.29, 1.82) is 0 Å². The van der Waals surface area contributed by atoms with E-state index < -0.39 is 0 Å². The first-order valence-corrected chi connectivity index (χ1v) is 9.83. The van der Waals surface area contributed by atoms with E-state index in [4.69, 9.17) is 14.6 Å². The van der Waals surface area contributed by atoms with Gasteiger partial charge in [-0.2, -0.15) is 5.10 Å². The van der Waals surface area contributed by atoms with Crippen molar-refractivity contribution in [3.8, 4) is 5.75 Å². The van der Waals surface area contributed by atoms with Crippen molar-refractivity contribution in [3.63, 3.8) is 0 Å². The highest BCUT2D eigenvalue weighted by atomic mass is 16.5. The first-order chi connectivity index (χ1) is 13.1. The van der Waals surface area contributed by atoms with Crippen LogP contribution in [0.4, 0.5) is 5.82 Å². The van der Waals surface area contributed by atoms with E-state index in [1.54, 1.807) is 7.11 Å². The van der Waals surface area contributed by atoms with Gasteiger partial charge >= 0.3 is 0 Å². The van der Waals surface area contributed by atoms with E-state index >= 15 is 0 Å². The minimum absolute atomic E-state index is 0.781. The smallest absolute Gasteiger partial charge is 0.131 e. The number of aryl methyl sites for hydroxylation is 2. The lowest BCUT2D eigenvalue weighted by Crippen LogP contribution is -2.38. The summed E-state index contributed by atoms with van der Waals surface area (Å²) in [5, 5.41) is 4.72. The number of hydrogen-bond donors (Lipinski definition) is 0. The maximum Gasteiger partial charge on any atom is 0.131 e. The summed E-state index contributed by atoms with van der Waals surface area (Å²) in [7, 11) is 3.79. The second kappa shape index (κ2) is 9.24. The molecule has 1 aliphatic heterocycles. The van der Waals surface area contributed by atoms with Gasteiger partial charge in [-0.3, -0.25) is 9.58 Å². The number of hydrogen-bond acceptors (Lipinski definition) is 5. The third-order valence-corrected chi connectivity index (χ3v) is 5.13. The Morgan fingerprint density at radius 2 is 1.93 bits per heavy atom. The number of para-hydroxylation sites is 1. The molecule has 0 amide bonds. The van der Waals surface area contributed by atoms with Crippen LogP contribution in [0.25, 0.3) is 0 Å². The van der Waals surface area contributed by atoms with Gasteiger partial charge in [0.25, 0.3) is 0 Å². The molecule has 2 aromatic rings. The molecule has 0 radical (unpaired) electrons. The van der Waals surface area contributed by atoms with Crippen molar-refractivity contribution in [2.24, 2.45) is 7.05 Å². The van der Waals surface area contributed by atoms with Crippen LogP contribution < -0.4 is 9.64 Å². The molecule has 27 heavy (non-hydrogen) atoms. The van der Waals surface area contributed by atoms with E-state index in [0.717, 1.165) is 63.8 Å². The van der Waals surface area contributed by atoms with E-state index in [2.05, 4.69) is 35.8 Å². The summed E-state index contributed by atoms with van der Waals surface area (Å²) in [6, 6.07) is 8.29. The molecule has 1 fully saturated rings. The number of anilines is 1. The molecule has 0 saturated carbocycles. The lowest BCUT2D eigenvalue weighted by Gasteiger charge is -2.31. The van der Waals surface area contributed by atoms with Crippen LogP contribution in [-0.2, 0) is 24.9 Å². The highest BCUT2D eigenvalue weighted by Gasteiger charge is 2.23. The Morgan fingerprint density at radius 1 is 1.19 bits per heavy atom. The maximum atomic E-state index is 5.56. The van der Waals surface area contributed by atoms with Gasteiger partial charge in [0.2, 0.25) is 0 Å². The first-order valence-electron chi connectivity index (χ1n) is 9.83. The molecule has 6 heteroatoms. The molecular weight excluding hydrogens is 340 g/mol. The van der Waals surface area contributed by atoms with Gasteiger partial charge in [-0.1, -0.05) is 25.1 Å². The molecule has 1 aliphatic rings. The number of rotatable bonds is 8. The van der Waals surface area contributed by atoms with E-state index in [-0.39, 0.29) is 0 Å². The second-order valence-corrected chi connectivity index (χ2v) is 7.13. The number of nitrogens with zero attached hydrogens (tertiary/aromatic N) is 4. The molecule has 6 nitrogen and oxygen atoms in total. The fourth-order valence-corrected chi connectivity index (χ4v) is 3.87. The number of methoxy groups -OCH3 is 1. The van der Waals surface area contributed by atoms with Crippen LogP contribution in [0.15, 0.2) is 24.3 Å². The number of morpholine rings is 1. The van der Waals surface area contributed by atoms with E-state index in [1.165, 1.54) is 16.9 Å². The Bertz CT molecular complexity index is 738. The van der Waals surface area contributed by atoms with Crippen LogP contribution in [-0.4, -0.2) is 54.6 Å². The standard InChI is InChI=1S/C21H32N4O2/c1-5-10-24(15-18-8-6-7-9-20(18)26-4)16-19-17(2)22-23(3)21(19)25-11-13-27-14-12-25/h6-9H,5,10-16H2,1-4H3. The molecular formula is C21H32N4O2. The summed E-state index contributed by atoms with van der Waals surface area (Å²) in [5.41, 5.74) is 3.66. The number of ether oxygens (including phenoxy) is 2. The summed E-state index contributed by atoms with van der Waals surface area (Å²) in [6.45, 7) is 10.5. The molecule has 1 aromatic carbocycles. The van der Waals surface area contributed by atoms with Gasteiger partial charge in [-0.25, -0.2) is 0 Å². The quantitative estimate of drug-likeness (QED) is 0.713. The zero-order valence-electron chi connectivity index (χ0n) is 17.1. The second-order valence-electron chi connectivity index (χ2n) is 7.13. The van der Waals surface area contributed by atoms with Crippen molar-refractivity contribution in [2.75, 3.05) is 44.9 Å². The van der Waals surface area contributed by atoms with Gasteiger partial charge in [0, 0.05) is 44.4 Å². The van der Waals surface area contributed by atoms with Gasteiger partial charge in [0.15, 0.2) is 0 Å². The summed E-state index contributed by atoms with van der Waals surface area (Å²) in [5.74, 6) is 2.19. The lowest BCUT2D eigenvalue weighted by atomic mass is 10.1. The van der Waals surface area contributed by atoms with Gasteiger partial charge in [-0.15, -0.1) is 0 Å². The molecule has 148 valence electrons. The Kier molecular flexibility index (Phi) is 6.74. The SMILES string of the molecule is CCCN(Cc1ccccc1OC)Cc1c(C)nn(C)c1N1CCOCC1. The first kappa shape index (κ1) is 19.7. The summed E-state index contributed by atoms with van der Waals surface area (Å²) >= 11 is 0. The van der Waals surface area contributed by atoms with Crippen molar-refractivity contribution >= 4 is 5.82 Å². The normalized spacial score (nSPS) is 14.8. The third-order valence-electron chi connectivity index (χ3n) is 5.13. The van der Waals surface area contributed by atoms with E-state index in [1.807, 2.05) is 23.9 Å². The topological polar surface area (TPSA) is 42.8 Å². The largest absolute Gasteiger partial charge is 0.496 e. The monoisotopic (exact) mass is 372 g/mol. The van der Waals surface area contributed by atoms with Crippen LogP contribution in [0.2, 0.25) is 0 Å². The predicted octanol–water partition coefficient (Wildman–Crippen LogP) is 2.99. The van der Waals surface area contributed by atoms with Crippen LogP contribution in [0, 0.1) is 6.92 Å². The molecule has 0 unspecified atom stereocenters. The van der Waals surface area contributed by atoms with Gasteiger partial charge < -0.3 is 14.4 Å².